The van der Waals surface area contributed by atoms with E-state index in [0.717, 1.165) is 29.2 Å². The summed E-state index contributed by atoms with van der Waals surface area (Å²) in [5.74, 6) is -1.62. The molecule has 2 atom stereocenters. The number of aromatic nitrogens is 5. The first-order valence-corrected chi connectivity index (χ1v) is 10.8. The largest absolute Gasteiger partial charge is 0.423 e. The van der Waals surface area contributed by atoms with E-state index in [0.29, 0.717) is 5.39 Å². The third-order valence-electron chi connectivity index (χ3n) is 5.47. The predicted molar refractivity (Wildman–Crippen MR) is 122 cm³/mol. The molecule has 0 saturated carbocycles. The van der Waals surface area contributed by atoms with Crippen molar-refractivity contribution >= 4 is 16.5 Å². The zero-order valence-corrected chi connectivity index (χ0v) is 19.0. The Morgan fingerprint density at radius 3 is 2.49 bits per heavy atom. The summed E-state index contributed by atoms with van der Waals surface area (Å²) >= 11 is 0. The Morgan fingerprint density at radius 2 is 1.81 bits per heavy atom. The van der Waals surface area contributed by atoms with Crippen LogP contribution in [0.2, 0.25) is 0 Å². The Balaban J connectivity index is 1.51. The lowest BCUT2D eigenvalue weighted by atomic mass is 10.1. The van der Waals surface area contributed by atoms with Gasteiger partial charge < -0.3 is 9.88 Å². The van der Waals surface area contributed by atoms with Crippen molar-refractivity contribution < 1.29 is 26.3 Å². The molecule has 0 unspecified atom stereocenters. The van der Waals surface area contributed by atoms with E-state index in [2.05, 4.69) is 20.4 Å². The molecular formula is C23H18F6N6O2. The number of hydrogen-bond acceptors (Lipinski definition) is 6. The van der Waals surface area contributed by atoms with Crippen LogP contribution in [0.1, 0.15) is 18.9 Å². The molecule has 3 aromatic heterocycles. The molecule has 0 bridgehead atoms. The number of fused-ring (bicyclic) bond motifs is 1. The summed E-state index contributed by atoms with van der Waals surface area (Å²) < 4.78 is 83.2. The molecule has 0 fully saturated rings. The predicted octanol–water partition coefficient (Wildman–Crippen LogP) is 4.07. The number of halogens is 6. The van der Waals surface area contributed by atoms with Crippen LogP contribution in [-0.4, -0.2) is 36.9 Å². The van der Waals surface area contributed by atoms with Gasteiger partial charge in [-0.3, -0.25) is 9.59 Å². The topological polar surface area (TPSA) is 106 Å². The van der Waals surface area contributed by atoms with Crippen LogP contribution in [-0.2, 0) is 12.7 Å². The highest BCUT2D eigenvalue weighted by Crippen LogP contribution is 2.32. The Labute approximate surface area is 204 Å². The molecule has 0 saturated heterocycles. The van der Waals surface area contributed by atoms with E-state index in [4.69, 9.17) is 0 Å². The Hall–Kier alpha value is -4.23. The maximum absolute atomic E-state index is 14.8. The van der Waals surface area contributed by atoms with Gasteiger partial charge in [0, 0.05) is 18.7 Å². The lowest BCUT2D eigenvalue weighted by molar-refractivity contribution is -0.138. The number of H-pyrrole nitrogens is 1. The first kappa shape index (κ1) is 25.9. The summed E-state index contributed by atoms with van der Waals surface area (Å²) in [6.07, 6.45) is -3.13. The van der Waals surface area contributed by atoms with Crippen molar-refractivity contribution in [2.45, 2.75) is 38.3 Å². The van der Waals surface area contributed by atoms with Gasteiger partial charge in [-0.15, -0.1) is 0 Å². The van der Waals surface area contributed by atoms with Crippen molar-refractivity contribution in [2.24, 2.45) is 0 Å². The van der Waals surface area contributed by atoms with Crippen LogP contribution in [0.3, 0.4) is 0 Å². The normalized spacial score (nSPS) is 13.5. The van der Waals surface area contributed by atoms with Gasteiger partial charge in [-0.25, -0.2) is 28.2 Å². The third-order valence-corrected chi connectivity index (χ3v) is 5.47. The lowest BCUT2D eigenvalue weighted by Gasteiger charge is -2.20. The number of benzene rings is 1. The minimum Gasteiger partial charge on any atom is -0.381 e. The molecule has 0 aliphatic carbocycles. The monoisotopic (exact) mass is 524 g/mol. The van der Waals surface area contributed by atoms with Crippen LogP contribution in [0, 0.1) is 11.6 Å². The van der Waals surface area contributed by atoms with Crippen molar-refractivity contribution in [3.05, 3.63) is 80.9 Å². The fourth-order valence-electron chi connectivity index (χ4n) is 3.86. The zero-order valence-electron chi connectivity index (χ0n) is 19.0. The van der Waals surface area contributed by atoms with Crippen LogP contribution in [0.15, 0.2) is 52.6 Å². The van der Waals surface area contributed by atoms with Crippen LogP contribution in [0.4, 0.5) is 32.0 Å². The minimum atomic E-state index is -4.95. The van der Waals surface area contributed by atoms with Gasteiger partial charge >= 0.3 is 6.18 Å². The van der Waals surface area contributed by atoms with Gasteiger partial charge in [0.2, 0.25) is 0 Å². The molecule has 8 nitrogen and oxygen atoms in total. The van der Waals surface area contributed by atoms with Crippen LogP contribution < -0.4 is 16.4 Å². The van der Waals surface area contributed by atoms with E-state index in [1.807, 2.05) is 0 Å². The molecule has 0 spiro atoms. The Bertz CT molecular complexity index is 1550. The molecule has 1 aromatic carbocycles. The smallest absolute Gasteiger partial charge is 0.381 e. The molecule has 14 heteroatoms. The van der Waals surface area contributed by atoms with Crippen molar-refractivity contribution in [3.8, 4) is 11.4 Å². The van der Waals surface area contributed by atoms with E-state index in [-0.39, 0.29) is 23.2 Å². The number of hydrogen-bond donors (Lipinski definition) is 2. The maximum atomic E-state index is 14.8. The number of anilines is 1. The number of nitrogens with one attached hydrogen (secondary N) is 2. The van der Waals surface area contributed by atoms with Crippen molar-refractivity contribution in [3.63, 3.8) is 0 Å². The summed E-state index contributed by atoms with van der Waals surface area (Å²) in [5.41, 5.74) is -4.27. The van der Waals surface area contributed by atoms with Gasteiger partial charge in [0.25, 0.3) is 11.1 Å². The van der Waals surface area contributed by atoms with Crippen LogP contribution in [0.5, 0.6) is 0 Å². The molecule has 194 valence electrons. The second-order valence-corrected chi connectivity index (χ2v) is 8.28. The summed E-state index contributed by atoms with van der Waals surface area (Å²) in [5, 5.41) is 7.75. The molecule has 0 radical (unpaired) electrons. The quantitative estimate of drug-likeness (QED) is 0.353. The number of aromatic amines is 1. The van der Waals surface area contributed by atoms with E-state index in [9.17, 15) is 35.9 Å². The SMILES string of the molecule is C[C@H](C[C@H](F)Cn1ccc2cc(-c3ncc(F)cn3)c(F)cc2c1=O)Nc1cn[nH]c(=O)c1C(F)(F)F. The third kappa shape index (κ3) is 5.62. The summed E-state index contributed by atoms with van der Waals surface area (Å²) in [6.45, 7) is 0.955. The van der Waals surface area contributed by atoms with Crippen LogP contribution in [0.25, 0.3) is 22.2 Å². The second-order valence-electron chi connectivity index (χ2n) is 8.28. The molecule has 3 heterocycles. The Kier molecular flexibility index (Phi) is 7.01. The summed E-state index contributed by atoms with van der Waals surface area (Å²) in [7, 11) is 0. The average molecular weight is 524 g/mol. The van der Waals surface area contributed by atoms with Crippen molar-refractivity contribution in [1.29, 1.82) is 0 Å². The molecule has 0 aliphatic rings. The first-order chi connectivity index (χ1) is 17.4. The standard InChI is InChI=1S/C23H18F6N6O2/c1-11(33-18-9-32-34-21(36)19(18)23(27,28)29)4-13(24)10-35-3-2-12-5-16(17(26)6-15(12)22(35)37)20-30-7-14(25)8-31-20/h2-3,5-9,11,13H,4,10H2,1H3,(H2,33,34,36)/t11-,13+/m1/s1. The van der Waals surface area contributed by atoms with Crippen LogP contribution >= 0.6 is 0 Å². The number of rotatable bonds is 7. The first-order valence-electron chi connectivity index (χ1n) is 10.8. The molecule has 4 aromatic rings. The molecule has 0 aliphatic heterocycles. The average Bonchev–Trinajstić information content (AvgIpc) is 2.80. The molecule has 2 N–H and O–H groups in total. The number of nitrogens with zero attached hydrogens (tertiary/aromatic N) is 4. The molecule has 0 amide bonds. The summed E-state index contributed by atoms with van der Waals surface area (Å²) in [4.78, 5) is 31.9. The van der Waals surface area contributed by atoms with E-state index in [1.54, 1.807) is 5.10 Å². The number of alkyl halides is 4. The maximum Gasteiger partial charge on any atom is 0.423 e. The van der Waals surface area contributed by atoms with Crippen molar-refractivity contribution in [2.75, 3.05) is 5.32 Å². The van der Waals surface area contributed by atoms with Gasteiger partial charge in [-0.2, -0.15) is 18.3 Å². The fourth-order valence-corrected chi connectivity index (χ4v) is 3.86. The molecular weight excluding hydrogens is 506 g/mol. The summed E-state index contributed by atoms with van der Waals surface area (Å²) in [6, 6.07) is 2.85. The van der Waals surface area contributed by atoms with Gasteiger partial charge in [0.05, 0.1) is 41.8 Å². The molecule has 37 heavy (non-hydrogen) atoms. The Morgan fingerprint density at radius 1 is 1.11 bits per heavy atom. The minimum absolute atomic E-state index is 0.0476. The highest BCUT2D eigenvalue weighted by molar-refractivity contribution is 5.85. The number of pyridine rings is 1. The highest BCUT2D eigenvalue weighted by atomic mass is 19.4. The van der Waals surface area contributed by atoms with Gasteiger partial charge in [0.15, 0.2) is 11.6 Å². The fraction of sp³-hybridized carbons (Fsp3) is 0.261. The van der Waals surface area contributed by atoms with E-state index in [1.165, 1.54) is 25.3 Å². The van der Waals surface area contributed by atoms with Gasteiger partial charge in [-0.05, 0) is 30.5 Å². The zero-order chi connectivity index (χ0) is 26.9. The van der Waals surface area contributed by atoms with Gasteiger partial charge in [0.1, 0.15) is 17.6 Å². The second kappa shape index (κ2) is 10.0. The molecule has 4 rings (SSSR count). The van der Waals surface area contributed by atoms with E-state index >= 15 is 0 Å². The van der Waals surface area contributed by atoms with E-state index < -0.39 is 58.9 Å². The lowest BCUT2D eigenvalue weighted by Crippen LogP contribution is -2.30. The van der Waals surface area contributed by atoms with Crippen molar-refractivity contribution in [1.82, 2.24) is 24.7 Å². The highest BCUT2D eigenvalue weighted by Gasteiger charge is 2.37. The van der Waals surface area contributed by atoms with Gasteiger partial charge in [-0.1, -0.05) is 0 Å².